The summed E-state index contributed by atoms with van der Waals surface area (Å²) in [5.41, 5.74) is -0.276. The van der Waals surface area contributed by atoms with Gasteiger partial charge >= 0.3 is 0 Å². The molecule has 18 heavy (non-hydrogen) atoms. The van der Waals surface area contributed by atoms with E-state index in [1.54, 1.807) is 7.11 Å². The van der Waals surface area contributed by atoms with Gasteiger partial charge in [-0.2, -0.15) is 0 Å². The van der Waals surface area contributed by atoms with Crippen LogP contribution >= 0.6 is 0 Å². The number of nitrogens with zero attached hydrogens (tertiary/aromatic N) is 4. The summed E-state index contributed by atoms with van der Waals surface area (Å²) in [5, 5.41) is 15.3. The minimum atomic E-state index is -0.276. The fraction of sp³-hybridized carbons (Fsp3) is 0.917. The molecule has 0 saturated carbocycles. The van der Waals surface area contributed by atoms with Crippen LogP contribution in [0.3, 0.4) is 0 Å². The number of aromatic nitrogens is 4. The van der Waals surface area contributed by atoms with Gasteiger partial charge in [-0.05, 0) is 43.7 Å². The minimum absolute atomic E-state index is 0.134. The standard InChI is InChI=1S/C12H25N5O/c1-9(2)7-13-10(3)11-14-15-16-17(11)8-12(4,5)18-6/h9-10,13H,7-8H2,1-6H3. The maximum atomic E-state index is 5.41. The lowest BCUT2D eigenvalue weighted by Gasteiger charge is -2.24. The van der Waals surface area contributed by atoms with Gasteiger partial charge in [-0.15, -0.1) is 5.10 Å². The van der Waals surface area contributed by atoms with Crippen LogP contribution in [-0.2, 0) is 11.3 Å². The molecule has 0 aromatic carbocycles. The second-order valence-electron chi connectivity index (χ2n) is 5.68. The monoisotopic (exact) mass is 255 g/mol. The highest BCUT2D eigenvalue weighted by Gasteiger charge is 2.22. The Labute approximate surface area is 109 Å². The third kappa shape index (κ3) is 4.34. The molecule has 104 valence electrons. The first kappa shape index (κ1) is 15.0. The molecular formula is C12H25N5O. The average Bonchev–Trinajstić information content (AvgIpc) is 2.73. The molecule has 0 saturated heterocycles. The van der Waals surface area contributed by atoms with E-state index in [0.717, 1.165) is 12.4 Å². The number of nitrogens with one attached hydrogen (secondary N) is 1. The van der Waals surface area contributed by atoms with Crippen LogP contribution in [0, 0.1) is 5.92 Å². The van der Waals surface area contributed by atoms with E-state index in [2.05, 4.69) is 41.6 Å². The first-order valence-electron chi connectivity index (χ1n) is 6.40. The Kier molecular flexibility index (Phi) is 5.22. The number of ether oxygens (including phenoxy) is 1. The maximum absolute atomic E-state index is 5.41. The molecule has 1 N–H and O–H groups in total. The topological polar surface area (TPSA) is 64.9 Å². The van der Waals surface area contributed by atoms with Gasteiger partial charge in [-0.3, -0.25) is 0 Å². The molecule has 6 nitrogen and oxygen atoms in total. The van der Waals surface area contributed by atoms with Crippen molar-refractivity contribution >= 4 is 0 Å². The second kappa shape index (κ2) is 6.24. The van der Waals surface area contributed by atoms with Crippen molar-refractivity contribution in [1.29, 1.82) is 0 Å². The van der Waals surface area contributed by atoms with E-state index in [4.69, 9.17) is 4.74 Å². The van der Waals surface area contributed by atoms with Crippen LogP contribution in [-0.4, -0.2) is 39.5 Å². The van der Waals surface area contributed by atoms with Crippen molar-refractivity contribution in [2.45, 2.75) is 52.8 Å². The van der Waals surface area contributed by atoms with Crippen molar-refractivity contribution in [2.24, 2.45) is 5.92 Å². The summed E-state index contributed by atoms with van der Waals surface area (Å²) in [6.07, 6.45) is 0. The lowest BCUT2D eigenvalue weighted by molar-refractivity contribution is 0.00399. The van der Waals surface area contributed by atoms with Gasteiger partial charge in [0.1, 0.15) is 0 Å². The zero-order valence-electron chi connectivity index (χ0n) is 12.3. The van der Waals surface area contributed by atoms with Crippen LogP contribution in [0.5, 0.6) is 0 Å². The number of tetrazole rings is 1. The highest BCUT2D eigenvalue weighted by molar-refractivity contribution is 4.91. The van der Waals surface area contributed by atoms with Gasteiger partial charge in [0.05, 0.1) is 18.2 Å². The Hall–Kier alpha value is -1.01. The van der Waals surface area contributed by atoms with Crippen molar-refractivity contribution in [2.75, 3.05) is 13.7 Å². The molecule has 1 rings (SSSR count). The van der Waals surface area contributed by atoms with Crippen LogP contribution in [0.1, 0.15) is 46.5 Å². The number of rotatable bonds is 7. The maximum Gasteiger partial charge on any atom is 0.168 e. The molecule has 6 heteroatoms. The molecule has 1 atom stereocenters. The van der Waals surface area contributed by atoms with Gasteiger partial charge in [-0.1, -0.05) is 13.8 Å². The predicted octanol–water partition coefficient (Wildman–Crippen LogP) is 1.40. The zero-order chi connectivity index (χ0) is 13.8. The number of hydrogen-bond donors (Lipinski definition) is 1. The highest BCUT2D eigenvalue weighted by atomic mass is 16.5. The Balaban J connectivity index is 2.70. The summed E-state index contributed by atoms with van der Waals surface area (Å²) in [4.78, 5) is 0. The first-order valence-corrected chi connectivity index (χ1v) is 6.40. The van der Waals surface area contributed by atoms with Crippen LogP contribution in [0.2, 0.25) is 0 Å². The number of methoxy groups -OCH3 is 1. The SMILES string of the molecule is COC(C)(C)Cn1nnnc1C(C)NCC(C)C. The smallest absolute Gasteiger partial charge is 0.168 e. The van der Waals surface area contributed by atoms with Crippen LogP contribution in [0.25, 0.3) is 0 Å². The first-order chi connectivity index (χ1) is 8.35. The van der Waals surface area contributed by atoms with E-state index in [1.807, 2.05) is 18.5 Å². The van der Waals surface area contributed by atoms with E-state index >= 15 is 0 Å². The molecule has 0 spiro atoms. The normalized spacial score (nSPS) is 14.2. The van der Waals surface area contributed by atoms with Gasteiger partial charge in [0.15, 0.2) is 5.82 Å². The molecule has 1 heterocycles. The van der Waals surface area contributed by atoms with Crippen molar-refractivity contribution in [1.82, 2.24) is 25.5 Å². The summed E-state index contributed by atoms with van der Waals surface area (Å²) in [7, 11) is 1.70. The Morgan fingerprint density at radius 1 is 1.33 bits per heavy atom. The molecule has 0 aliphatic rings. The van der Waals surface area contributed by atoms with Gasteiger partial charge in [0.25, 0.3) is 0 Å². The lowest BCUT2D eigenvalue weighted by atomic mass is 10.1. The van der Waals surface area contributed by atoms with E-state index in [0.29, 0.717) is 12.5 Å². The van der Waals surface area contributed by atoms with Crippen molar-refractivity contribution in [3.05, 3.63) is 5.82 Å². The summed E-state index contributed by atoms with van der Waals surface area (Å²) >= 11 is 0. The Morgan fingerprint density at radius 2 is 2.00 bits per heavy atom. The third-order valence-corrected chi connectivity index (χ3v) is 2.86. The Morgan fingerprint density at radius 3 is 2.56 bits per heavy atom. The fourth-order valence-corrected chi connectivity index (χ4v) is 1.56. The molecule has 0 bridgehead atoms. The molecule has 1 aromatic rings. The van der Waals surface area contributed by atoms with Gasteiger partial charge in [0.2, 0.25) is 0 Å². The Bertz CT molecular complexity index is 361. The van der Waals surface area contributed by atoms with E-state index in [9.17, 15) is 0 Å². The van der Waals surface area contributed by atoms with Crippen molar-refractivity contribution in [3.63, 3.8) is 0 Å². The summed E-state index contributed by atoms with van der Waals surface area (Å²) in [6.45, 7) is 12.1. The molecule has 0 fully saturated rings. The number of hydrogen-bond acceptors (Lipinski definition) is 5. The predicted molar refractivity (Wildman–Crippen MR) is 70.2 cm³/mol. The third-order valence-electron chi connectivity index (χ3n) is 2.86. The van der Waals surface area contributed by atoms with Crippen molar-refractivity contribution in [3.8, 4) is 0 Å². The zero-order valence-corrected chi connectivity index (χ0v) is 12.3. The summed E-state index contributed by atoms with van der Waals surface area (Å²) in [6, 6.07) is 0.134. The molecule has 0 aliphatic heterocycles. The summed E-state index contributed by atoms with van der Waals surface area (Å²) in [5.74, 6) is 1.45. The highest BCUT2D eigenvalue weighted by Crippen LogP contribution is 2.14. The lowest BCUT2D eigenvalue weighted by Crippen LogP contribution is -2.33. The van der Waals surface area contributed by atoms with Crippen molar-refractivity contribution < 1.29 is 4.74 Å². The van der Waals surface area contributed by atoms with Crippen LogP contribution in [0.15, 0.2) is 0 Å². The van der Waals surface area contributed by atoms with Crippen LogP contribution in [0.4, 0.5) is 0 Å². The quantitative estimate of drug-likeness (QED) is 0.798. The molecule has 0 aliphatic carbocycles. The molecule has 1 unspecified atom stereocenters. The molecule has 1 aromatic heterocycles. The second-order valence-corrected chi connectivity index (χ2v) is 5.68. The van der Waals surface area contributed by atoms with Gasteiger partial charge in [-0.25, -0.2) is 4.68 Å². The van der Waals surface area contributed by atoms with Crippen LogP contribution < -0.4 is 5.32 Å². The summed E-state index contributed by atoms with van der Waals surface area (Å²) < 4.78 is 7.21. The van der Waals surface area contributed by atoms with E-state index < -0.39 is 0 Å². The van der Waals surface area contributed by atoms with Gasteiger partial charge in [0, 0.05) is 7.11 Å². The van der Waals surface area contributed by atoms with Gasteiger partial charge < -0.3 is 10.1 Å². The minimum Gasteiger partial charge on any atom is -0.377 e. The van der Waals surface area contributed by atoms with E-state index in [1.165, 1.54) is 0 Å². The molecular weight excluding hydrogens is 230 g/mol. The molecule has 0 radical (unpaired) electrons. The van der Waals surface area contributed by atoms with E-state index in [-0.39, 0.29) is 11.6 Å². The largest absolute Gasteiger partial charge is 0.377 e. The molecule has 0 amide bonds. The fourth-order valence-electron chi connectivity index (χ4n) is 1.56. The average molecular weight is 255 g/mol.